The highest BCUT2D eigenvalue weighted by atomic mass is 16.5. The van der Waals surface area contributed by atoms with Crippen molar-refractivity contribution in [2.24, 2.45) is 5.41 Å². The van der Waals surface area contributed by atoms with E-state index in [4.69, 9.17) is 4.74 Å². The summed E-state index contributed by atoms with van der Waals surface area (Å²) in [6.45, 7) is 2.34. The summed E-state index contributed by atoms with van der Waals surface area (Å²) < 4.78 is 5.56. The summed E-state index contributed by atoms with van der Waals surface area (Å²) in [7, 11) is 3.62. The van der Waals surface area contributed by atoms with Crippen LogP contribution in [0, 0.1) is 5.41 Å². The number of amides is 1. The van der Waals surface area contributed by atoms with Crippen molar-refractivity contribution in [3.05, 3.63) is 18.5 Å². The smallest absolute Gasteiger partial charge is 0.228 e. The molecule has 0 bridgehead atoms. The van der Waals surface area contributed by atoms with Crippen molar-refractivity contribution in [3.63, 3.8) is 0 Å². The summed E-state index contributed by atoms with van der Waals surface area (Å²) in [5, 5.41) is 8.14. The van der Waals surface area contributed by atoms with E-state index in [0.717, 1.165) is 49.1 Å². The molecule has 24 heavy (non-hydrogen) atoms. The van der Waals surface area contributed by atoms with Gasteiger partial charge in [-0.2, -0.15) is 5.10 Å². The molecule has 0 saturated carbocycles. The van der Waals surface area contributed by atoms with E-state index in [1.54, 1.807) is 13.3 Å². The number of hydrogen-bond acceptors (Lipinski definition) is 5. The van der Waals surface area contributed by atoms with Gasteiger partial charge in [-0.1, -0.05) is 0 Å². The molecule has 0 radical (unpaired) electrons. The van der Waals surface area contributed by atoms with Gasteiger partial charge in [-0.25, -0.2) is 4.98 Å². The van der Waals surface area contributed by atoms with Crippen LogP contribution in [-0.2, 0) is 9.53 Å². The number of aromatic nitrogens is 3. The van der Waals surface area contributed by atoms with Crippen molar-refractivity contribution in [2.45, 2.75) is 25.4 Å². The number of H-pyrrole nitrogens is 1. The maximum atomic E-state index is 12.8. The molecule has 2 aliphatic rings. The largest absolute Gasteiger partial charge is 0.380 e. The lowest BCUT2D eigenvalue weighted by molar-refractivity contribution is -0.153. The lowest BCUT2D eigenvalue weighted by Crippen LogP contribution is -2.56. The summed E-state index contributed by atoms with van der Waals surface area (Å²) in [5.74, 6) is 1.22. The second-order valence-corrected chi connectivity index (χ2v) is 6.98. The number of rotatable bonds is 2. The predicted octanol–water partition coefficient (Wildman–Crippen LogP) is 1.42. The average molecular weight is 329 g/mol. The summed E-state index contributed by atoms with van der Waals surface area (Å²) >= 11 is 0. The molecule has 1 N–H and O–H groups in total. The van der Waals surface area contributed by atoms with Gasteiger partial charge in [0.2, 0.25) is 5.91 Å². The number of likely N-dealkylation sites (N-methyl/N-ethyl adjacent to an activating group) is 1. The van der Waals surface area contributed by atoms with Crippen molar-refractivity contribution in [3.8, 4) is 0 Å². The highest BCUT2D eigenvalue weighted by molar-refractivity contribution is 5.89. The van der Waals surface area contributed by atoms with Crippen LogP contribution >= 0.6 is 0 Å². The molecule has 7 nitrogen and oxygen atoms in total. The number of methoxy groups -OCH3 is 1. The number of likely N-dealkylation sites (tertiary alicyclic amines) is 1. The molecule has 2 aliphatic heterocycles. The van der Waals surface area contributed by atoms with Gasteiger partial charge in [0.15, 0.2) is 0 Å². The van der Waals surface area contributed by atoms with E-state index in [1.165, 1.54) is 0 Å². The van der Waals surface area contributed by atoms with Crippen molar-refractivity contribution < 1.29 is 9.53 Å². The number of fused-ring (bicyclic) bond motifs is 1. The maximum Gasteiger partial charge on any atom is 0.228 e. The molecule has 2 fully saturated rings. The zero-order valence-electron chi connectivity index (χ0n) is 14.2. The normalized spacial score (nSPS) is 24.1. The minimum atomic E-state index is -0.283. The van der Waals surface area contributed by atoms with Gasteiger partial charge in [0, 0.05) is 40.0 Å². The third-order valence-electron chi connectivity index (χ3n) is 5.60. The fraction of sp³-hybridized carbons (Fsp3) is 0.588. The monoisotopic (exact) mass is 329 g/mol. The number of ether oxygens (including phenoxy) is 1. The molecule has 7 heteroatoms. The van der Waals surface area contributed by atoms with Gasteiger partial charge in [-0.05, 0) is 25.3 Å². The lowest BCUT2D eigenvalue weighted by atomic mass is 9.71. The minimum absolute atomic E-state index is 0.134. The lowest BCUT2D eigenvalue weighted by Gasteiger charge is -2.47. The Kier molecular flexibility index (Phi) is 3.68. The van der Waals surface area contributed by atoms with Crippen molar-refractivity contribution in [1.29, 1.82) is 0 Å². The first-order valence-corrected chi connectivity index (χ1v) is 8.44. The molecule has 2 saturated heterocycles. The van der Waals surface area contributed by atoms with Crippen LogP contribution in [0.3, 0.4) is 0 Å². The molecule has 1 amide bonds. The van der Waals surface area contributed by atoms with Crippen LogP contribution in [-0.4, -0.2) is 65.9 Å². The Bertz CT molecular complexity index is 750. The van der Waals surface area contributed by atoms with Crippen LogP contribution < -0.4 is 4.90 Å². The number of piperidine rings is 2. The number of nitrogens with one attached hydrogen (secondary N) is 1. The SMILES string of the molecule is COC1CN(C)C(=O)C2(CCN(c3nccc4[nH]ncc34)CC2)C1. The third kappa shape index (κ3) is 2.34. The Labute approximate surface area is 141 Å². The Morgan fingerprint density at radius 1 is 1.38 bits per heavy atom. The first kappa shape index (κ1) is 15.4. The second-order valence-electron chi connectivity index (χ2n) is 6.98. The van der Waals surface area contributed by atoms with Gasteiger partial charge in [0.1, 0.15) is 5.82 Å². The van der Waals surface area contributed by atoms with Crippen molar-refractivity contribution in [2.75, 3.05) is 38.7 Å². The molecule has 4 rings (SSSR count). The number of carbonyl (C=O) groups is 1. The average Bonchev–Trinajstić information content (AvgIpc) is 3.09. The summed E-state index contributed by atoms with van der Waals surface area (Å²) in [5.41, 5.74) is 0.710. The number of pyridine rings is 1. The molecule has 2 aromatic heterocycles. The Morgan fingerprint density at radius 2 is 2.17 bits per heavy atom. The topological polar surface area (TPSA) is 74.3 Å². The highest BCUT2D eigenvalue weighted by Gasteiger charge is 2.48. The van der Waals surface area contributed by atoms with Crippen LogP contribution in [0.25, 0.3) is 10.9 Å². The molecule has 128 valence electrons. The highest BCUT2D eigenvalue weighted by Crippen LogP contribution is 2.42. The van der Waals surface area contributed by atoms with Gasteiger partial charge >= 0.3 is 0 Å². The number of carbonyl (C=O) groups excluding carboxylic acids is 1. The quantitative estimate of drug-likeness (QED) is 0.902. The van der Waals surface area contributed by atoms with E-state index in [2.05, 4.69) is 20.1 Å². The van der Waals surface area contributed by atoms with E-state index in [-0.39, 0.29) is 17.4 Å². The maximum absolute atomic E-state index is 12.8. The van der Waals surface area contributed by atoms with Crippen LogP contribution in [0.2, 0.25) is 0 Å². The molecular formula is C17H23N5O2. The van der Waals surface area contributed by atoms with Crippen LogP contribution in [0.1, 0.15) is 19.3 Å². The number of hydrogen-bond donors (Lipinski definition) is 1. The number of nitrogens with zero attached hydrogens (tertiary/aromatic N) is 4. The molecule has 0 aliphatic carbocycles. The van der Waals surface area contributed by atoms with E-state index < -0.39 is 0 Å². The molecule has 1 atom stereocenters. The predicted molar refractivity (Wildman–Crippen MR) is 90.8 cm³/mol. The molecular weight excluding hydrogens is 306 g/mol. The number of anilines is 1. The van der Waals surface area contributed by atoms with Gasteiger partial charge in [0.25, 0.3) is 0 Å². The Hall–Kier alpha value is -2.15. The Balaban J connectivity index is 1.56. The van der Waals surface area contributed by atoms with Gasteiger partial charge in [-0.15, -0.1) is 0 Å². The first-order chi connectivity index (χ1) is 11.6. The summed E-state index contributed by atoms with van der Waals surface area (Å²) in [6, 6.07) is 1.93. The van der Waals surface area contributed by atoms with Crippen LogP contribution in [0.4, 0.5) is 5.82 Å². The van der Waals surface area contributed by atoms with Crippen molar-refractivity contribution >= 4 is 22.6 Å². The molecule has 0 aromatic carbocycles. The summed E-state index contributed by atoms with van der Waals surface area (Å²) in [4.78, 5) is 21.5. The van der Waals surface area contributed by atoms with E-state index >= 15 is 0 Å². The molecule has 4 heterocycles. The second kappa shape index (κ2) is 5.73. The first-order valence-electron chi connectivity index (χ1n) is 8.44. The van der Waals surface area contributed by atoms with Gasteiger partial charge in [0.05, 0.1) is 28.6 Å². The van der Waals surface area contributed by atoms with E-state index in [0.29, 0.717) is 6.54 Å². The third-order valence-corrected chi connectivity index (χ3v) is 5.60. The fourth-order valence-corrected chi connectivity index (χ4v) is 4.21. The van der Waals surface area contributed by atoms with Gasteiger partial charge in [-0.3, -0.25) is 9.89 Å². The number of aromatic amines is 1. The Morgan fingerprint density at radius 3 is 2.92 bits per heavy atom. The van der Waals surface area contributed by atoms with Crippen LogP contribution in [0.5, 0.6) is 0 Å². The van der Waals surface area contributed by atoms with Crippen molar-refractivity contribution in [1.82, 2.24) is 20.1 Å². The summed E-state index contributed by atoms with van der Waals surface area (Å²) in [6.07, 6.45) is 6.26. The fourth-order valence-electron chi connectivity index (χ4n) is 4.21. The van der Waals surface area contributed by atoms with E-state index in [9.17, 15) is 4.79 Å². The van der Waals surface area contributed by atoms with Crippen LogP contribution in [0.15, 0.2) is 18.5 Å². The van der Waals surface area contributed by atoms with E-state index in [1.807, 2.05) is 24.2 Å². The zero-order valence-corrected chi connectivity index (χ0v) is 14.2. The molecule has 2 aromatic rings. The standard InChI is InChI=1S/C17H23N5O2/c1-21-11-12(24-2)9-17(16(21)23)4-7-22(8-5-17)15-13-10-19-20-14(13)3-6-18-15/h3,6,10,12H,4-5,7-9,11H2,1-2H3,(H,19,20). The van der Waals surface area contributed by atoms with Gasteiger partial charge < -0.3 is 14.5 Å². The molecule has 1 unspecified atom stereocenters. The zero-order chi connectivity index (χ0) is 16.7. The molecule has 1 spiro atoms. The minimum Gasteiger partial charge on any atom is -0.380 e.